The summed E-state index contributed by atoms with van der Waals surface area (Å²) in [5.74, 6) is 0.888. The molecular weight excluding hydrogens is 290 g/mol. The molecule has 0 aliphatic carbocycles. The number of hydrogen-bond donors (Lipinski definition) is 0. The minimum absolute atomic E-state index is 0.711. The van der Waals surface area contributed by atoms with E-state index < -0.39 is 0 Å². The quantitative estimate of drug-likeness (QED) is 0.713. The molecule has 5 heteroatoms. The van der Waals surface area contributed by atoms with Gasteiger partial charge in [-0.2, -0.15) is 5.10 Å². The molecule has 0 spiro atoms. The molecule has 0 bridgehead atoms. The Morgan fingerprint density at radius 1 is 1.26 bits per heavy atom. The molecule has 0 amide bonds. The van der Waals surface area contributed by atoms with Crippen molar-refractivity contribution in [1.29, 1.82) is 0 Å². The monoisotopic (exact) mass is 315 g/mol. The van der Waals surface area contributed by atoms with Gasteiger partial charge in [0.05, 0.1) is 19.9 Å². The first-order chi connectivity index (χ1) is 11.2. The number of aromatic nitrogens is 2. The van der Waals surface area contributed by atoms with E-state index in [4.69, 9.17) is 9.47 Å². The summed E-state index contributed by atoms with van der Waals surface area (Å²) in [4.78, 5) is 2.33. The molecule has 2 aromatic rings. The Hall–Kier alpha value is -2.11. The smallest absolute Gasteiger partial charge is 0.126 e. The average Bonchev–Trinajstić information content (AvgIpc) is 2.97. The zero-order chi connectivity index (χ0) is 16.5. The highest BCUT2D eigenvalue weighted by molar-refractivity contribution is 5.57. The van der Waals surface area contributed by atoms with Gasteiger partial charge in [0.25, 0.3) is 0 Å². The van der Waals surface area contributed by atoms with Crippen molar-refractivity contribution < 1.29 is 9.47 Å². The maximum atomic E-state index is 5.37. The standard InChI is InChI=1S/C18H25N3O2/c1-20-14-16(13-19-20)15-21(11-12-22-2)10-6-8-17-7-4-5-9-18(17)23-3/h4-9,13-14H,10-12,15H2,1-3H3. The van der Waals surface area contributed by atoms with Crippen molar-refractivity contribution >= 4 is 6.08 Å². The molecule has 0 fully saturated rings. The van der Waals surface area contributed by atoms with E-state index in [0.29, 0.717) is 6.61 Å². The van der Waals surface area contributed by atoms with Crippen LogP contribution >= 0.6 is 0 Å². The first kappa shape index (κ1) is 17.2. The minimum Gasteiger partial charge on any atom is -0.496 e. The lowest BCUT2D eigenvalue weighted by Crippen LogP contribution is -2.27. The van der Waals surface area contributed by atoms with Gasteiger partial charge < -0.3 is 9.47 Å². The van der Waals surface area contributed by atoms with Gasteiger partial charge >= 0.3 is 0 Å². The van der Waals surface area contributed by atoms with Crippen LogP contribution in [0.2, 0.25) is 0 Å². The number of hydrogen-bond acceptors (Lipinski definition) is 4. The van der Waals surface area contributed by atoms with Crippen LogP contribution < -0.4 is 4.74 Å². The molecule has 0 radical (unpaired) electrons. The van der Waals surface area contributed by atoms with Crippen LogP contribution in [-0.4, -0.2) is 48.6 Å². The van der Waals surface area contributed by atoms with Crippen LogP contribution in [0.25, 0.3) is 6.08 Å². The molecule has 0 saturated carbocycles. The number of benzene rings is 1. The van der Waals surface area contributed by atoms with E-state index in [1.807, 2.05) is 42.3 Å². The van der Waals surface area contributed by atoms with E-state index in [1.165, 1.54) is 5.56 Å². The van der Waals surface area contributed by atoms with E-state index in [9.17, 15) is 0 Å². The summed E-state index contributed by atoms with van der Waals surface area (Å²) < 4.78 is 12.4. The molecule has 0 N–H and O–H groups in total. The lowest BCUT2D eigenvalue weighted by atomic mass is 10.2. The second-order valence-electron chi connectivity index (χ2n) is 5.39. The SMILES string of the molecule is COCCN(CC=Cc1ccccc1OC)Cc1cnn(C)c1. The first-order valence-electron chi connectivity index (χ1n) is 7.71. The lowest BCUT2D eigenvalue weighted by molar-refractivity contribution is 0.151. The normalized spacial score (nSPS) is 11.5. The van der Waals surface area contributed by atoms with Gasteiger partial charge in [0.1, 0.15) is 5.75 Å². The van der Waals surface area contributed by atoms with Crippen LogP contribution in [0.4, 0.5) is 0 Å². The number of aryl methyl sites for hydroxylation is 1. The predicted octanol–water partition coefficient (Wildman–Crippen LogP) is 2.59. The maximum Gasteiger partial charge on any atom is 0.126 e. The number of methoxy groups -OCH3 is 2. The number of ether oxygens (including phenoxy) is 2. The second kappa shape index (κ2) is 9.12. The third kappa shape index (κ3) is 5.54. The predicted molar refractivity (Wildman–Crippen MR) is 92.4 cm³/mol. The van der Waals surface area contributed by atoms with E-state index in [2.05, 4.69) is 28.2 Å². The van der Waals surface area contributed by atoms with Crippen molar-refractivity contribution in [1.82, 2.24) is 14.7 Å². The Kier molecular flexibility index (Phi) is 6.84. The van der Waals surface area contributed by atoms with Crippen molar-refractivity contribution in [2.45, 2.75) is 6.54 Å². The molecule has 23 heavy (non-hydrogen) atoms. The molecular formula is C18H25N3O2. The fourth-order valence-electron chi connectivity index (χ4n) is 2.40. The van der Waals surface area contributed by atoms with Gasteiger partial charge in [-0.05, 0) is 6.07 Å². The highest BCUT2D eigenvalue weighted by Gasteiger charge is 2.06. The maximum absolute atomic E-state index is 5.37. The van der Waals surface area contributed by atoms with Crippen molar-refractivity contribution in [3.05, 3.63) is 53.9 Å². The second-order valence-corrected chi connectivity index (χ2v) is 5.39. The van der Waals surface area contributed by atoms with Gasteiger partial charge in [-0.15, -0.1) is 0 Å². The van der Waals surface area contributed by atoms with E-state index >= 15 is 0 Å². The Balaban J connectivity index is 1.98. The number of para-hydroxylation sites is 1. The van der Waals surface area contributed by atoms with Gasteiger partial charge in [0.15, 0.2) is 0 Å². The van der Waals surface area contributed by atoms with Gasteiger partial charge in [-0.1, -0.05) is 30.4 Å². The van der Waals surface area contributed by atoms with Gasteiger partial charge in [-0.25, -0.2) is 0 Å². The van der Waals surface area contributed by atoms with Crippen LogP contribution in [0.3, 0.4) is 0 Å². The van der Waals surface area contributed by atoms with Gasteiger partial charge in [-0.3, -0.25) is 9.58 Å². The van der Waals surface area contributed by atoms with Crippen molar-refractivity contribution in [3.8, 4) is 5.75 Å². The van der Waals surface area contributed by atoms with Crippen molar-refractivity contribution in [2.24, 2.45) is 7.05 Å². The minimum atomic E-state index is 0.711. The zero-order valence-corrected chi connectivity index (χ0v) is 14.1. The summed E-state index contributed by atoms with van der Waals surface area (Å²) in [6.07, 6.45) is 8.21. The highest BCUT2D eigenvalue weighted by atomic mass is 16.5. The van der Waals surface area contributed by atoms with Crippen LogP contribution in [-0.2, 0) is 18.3 Å². The molecule has 0 atom stereocenters. The van der Waals surface area contributed by atoms with Gasteiger partial charge in [0.2, 0.25) is 0 Å². The fraction of sp³-hybridized carbons (Fsp3) is 0.389. The Morgan fingerprint density at radius 2 is 2.09 bits per heavy atom. The molecule has 1 aromatic carbocycles. The van der Waals surface area contributed by atoms with Crippen LogP contribution in [0, 0.1) is 0 Å². The third-order valence-corrected chi connectivity index (χ3v) is 3.58. The largest absolute Gasteiger partial charge is 0.496 e. The Bertz CT molecular complexity index is 622. The van der Waals surface area contributed by atoms with E-state index in [0.717, 1.165) is 30.9 Å². The molecule has 5 nitrogen and oxygen atoms in total. The molecule has 0 unspecified atom stereocenters. The molecule has 0 saturated heterocycles. The summed E-state index contributed by atoms with van der Waals surface area (Å²) in [7, 11) is 5.36. The highest BCUT2D eigenvalue weighted by Crippen LogP contribution is 2.18. The number of rotatable bonds is 9. The summed E-state index contributed by atoms with van der Waals surface area (Å²) >= 11 is 0. The lowest BCUT2D eigenvalue weighted by Gasteiger charge is -2.19. The topological polar surface area (TPSA) is 39.5 Å². The van der Waals surface area contributed by atoms with E-state index in [1.54, 1.807) is 14.2 Å². The summed E-state index contributed by atoms with van der Waals surface area (Å²) in [6, 6.07) is 8.01. The molecule has 124 valence electrons. The zero-order valence-electron chi connectivity index (χ0n) is 14.1. The molecule has 2 rings (SSSR count). The Morgan fingerprint density at radius 3 is 2.78 bits per heavy atom. The molecule has 1 heterocycles. The van der Waals surface area contributed by atoms with Crippen LogP contribution in [0.5, 0.6) is 5.75 Å². The molecule has 0 aliphatic rings. The van der Waals surface area contributed by atoms with E-state index in [-0.39, 0.29) is 0 Å². The van der Waals surface area contributed by atoms with Crippen LogP contribution in [0.1, 0.15) is 11.1 Å². The Labute approximate surface area is 138 Å². The molecule has 0 aliphatic heterocycles. The third-order valence-electron chi connectivity index (χ3n) is 3.58. The first-order valence-corrected chi connectivity index (χ1v) is 7.71. The average molecular weight is 315 g/mol. The van der Waals surface area contributed by atoms with Crippen molar-refractivity contribution in [3.63, 3.8) is 0 Å². The summed E-state index contributed by atoms with van der Waals surface area (Å²) in [5, 5.41) is 4.22. The summed E-state index contributed by atoms with van der Waals surface area (Å²) in [6.45, 7) is 3.29. The summed E-state index contributed by atoms with van der Waals surface area (Å²) in [5.41, 5.74) is 2.29. The molecule has 1 aromatic heterocycles. The number of nitrogens with zero attached hydrogens (tertiary/aromatic N) is 3. The fourth-order valence-corrected chi connectivity index (χ4v) is 2.40. The van der Waals surface area contributed by atoms with Gasteiger partial charge in [0, 0.05) is 51.1 Å². The van der Waals surface area contributed by atoms with Crippen molar-refractivity contribution in [2.75, 3.05) is 33.9 Å². The van der Waals surface area contributed by atoms with Crippen LogP contribution in [0.15, 0.2) is 42.7 Å².